The maximum atomic E-state index is 2.57. The molecule has 45 heavy (non-hydrogen) atoms. The Labute approximate surface area is 293 Å². The zero-order valence-corrected chi connectivity index (χ0v) is 30.9. The number of fused-ring (bicyclic) bond motifs is 3. The van der Waals surface area contributed by atoms with Crippen molar-refractivity contribution in [3.63, 3.8) is 0 Å². The smallest absolute Gasteiger partial charge is 1.00 e. The van der Waals surface area contributed by atoms with Gasteiger partial charge in [0.25, 0.3) is 0 Å². The third kappa shape index (κ3) is 6.10. The Balaban J connectivity index is 0.00000200. The largest absolute Gasteiger partial charge is 1.00 e. The van der Waals surface area contributed by atoms with E-state index < -0.39 is 23.2 Å². The van der Waals surface area contributed by atoms with Crippen molar-refractivity contribution in [2.45, 2.75) is 54.2 Å². The molecule has 0 heterocycles. The number of rotatable bonds is 5. The van der Waals surface area contributed by atoms with E-state index in [0.29, 0.717) is 13.2 Å². The number of benzene rings is 5. The molecule has 0 spiro atoms. The summed E-state index contributed by atoms with van der Waals surface area (Å²) in [7, 11) is 0. The summed E-state index contributed by atoms with van der Waals surface area (Å²) < 4.78 is 1.18. The second-order valence-corrected chi connectivity index (χ2v) is 17.3. The quantitative estimate of drug-likeness (QED) is 0.217. The van der Waals surface area contributed by atoms with Gasteiger partial charge in [0.05, 0.1) is 0 Å². The summed E-state index contributed by atoms with van der Waals surface area (Å²) in [6, 6.07) is 39.0. The topological polar surface area (TPSA) is 0 Å². The summed E-state index contributed by atoms with van der Waals surface area (Å²) in [5.74, 6) is 0.543. The fourth-order valence-electron chi connectivity index (χ4n) is 7.15. The molecule has 5 aromatic rings. The predicted octanol–water partition coefficient (Wildman–Crippen LogP) is 5.81. The molecule has 2 aliphatic carbocycles. The van der Waals surface area contributed by atoms with Crippen molar-refractivity contribution in [3.05, 3.63) is 142 Å². The van der Waals surface area contributed by atoms with Gasteiger partial charge in [-0.25, -0.2) is 0 Å². The third-order valence-corrected chi connectivity index (χ3v) is 14.6. The van der Waals surface area contributed by atoms with E-state index in [2.05, 4.69) is 157 Å². The summed E-state index contributed by atoms with van der Waals surface area (Å²) in [4.78, 5) is 0. The average Bonchev–Trinajstić information content (AvgIpc) is 3.54. The van der Waals surface area contributed by atoms with Gasteiger partial charge in [0.2, 0.25) is 0 Å². The third-order valence-electron chi connectivity index (χ3n) is 9.52. The van der Waals surface area contributed by atoms with Crippen molar-refractivity contribution in [1.29, 1.82) is 0 Å². The van der Waals surface area contributed by atoms with Crippen LogP contribution in [0.2, 0.25) is 0 Å². The summed E-state index contributed by atoms with van der Waals surface area (Å²) in [6.07, 6.45) is 5.08. The molecule has 0 aromatic heterocycles. The van der Waals surface area contributed by atoms with Crippen molar-refractivity contribution in [2.24, 2.45) is 5.92 Å². The van der Waals surface area contributed by atoms with Crippen molar-refractivity contribution in [1.82, 2.24) is 0 Å². The van der Waals surface area contributed by atoms with Crippen molar-refractivity contribution in [2.75, 3.05) is 0 Å². The minimum absolute atomic E-state index is 0. The first-order chi connectivity index (χ1) is 20.7. The monoisotopic (exact) mass is 704 g/mol. The zero-order chi connectivity index (χ0) is 29.9. The van der Waals surface area contributed by atoms with E-state index in [9.17, 15) is 0 Å². The molecule has 7 rings (SSSR count). The minimum Gasteiger partial charge on any atom is -1.00 e. The van der Waals surface area contributed by atoms with E-state index in [4.69, 9.17) is 0 Å². The summed E-state index contributed by atoms with van der Waals surface area (Å²) in [6.45, 7) is 14.0. The van der Waals surface area contributed by atoms with Crippen molar-refractivity contribution >= 4 is 22.9 Å². The van der Waals surface area contributed by atoms with Crippen LogP contribution in [-0.2, 0) is 28.6 Å². The molecule has 5 aromatic carbocycles. The average molecular weight is 707 g/mol. The van der Waals surface area contributed by atoms with E-state index in [1.165, 1.54) is 49.7 Å². The van der Waals surface area contributed by atoms with E-state index in [1.807, 2.05) is 0 Å². The normalized spacial score (nSPS) is 16.7. The minimum atomic E-state index is -0.965. The van der Waals surface area contributed by atoms with E-state index in [1.54, 1.807) is 22.3 Å². The van der Waals surface area contributed by atoms with Crippen molar-refractivity contribution < 1.29 is 48.0 Å². The molecule has 0 nitrogen and oxygen atoms in total. The summed E-state index contributed by atoms with van der Waals surface area (Å²) >= 11 is -0.965. The van der Waals surface area contributed by atoms with E-state index in [0.717, 1.165) is 0 Å². The standard InChI is InChI=1S/C22H25.C20H15.2ClH.Zr/c1-15(2)18-13-17-7-6-8-20(21(17)14-18)16-9-11-19(12-10-16)22(3,4)5;1-14-12-16-8-5-11-19(20(16)13-14)18-10-4-7-15-6-2-3-9-17(15)18;;;/h6-15H,1-5H3;2-13H,1H3;2*1H;/q;;;;+2/p-2. The molecule has 0 saturated carbocycles. The molecule has 0 amide bonds. The van der Waals surface area contributed by atoms with Crippen LogP contribution in [0.1, 0.15) is 76.6 Å². The fraction of sp³-hybridized carbons (Fsp3) is 0.238. The number of hydrogen-bond donors (Lipinski definition) is 0. The van der Waals surface area contributed by atoms with Gasteiger partial charge in [-0.1, -0.05) is 0 Å². The number of halogens is 2. The van der Waals surface area contributed by atoms with Crippen LogP contribution in [0.5, 0.6) is 0 Å². The molecule has 2 unspecified atom stereocenters. The molecule has 0 saturated heterocycles. The Bertz CT molecular complexity index is 1920. The predicted molar refractivity (Wildman–Crippen MR) is 182 cm³/mol. The van der Waals surface area contributed by atoms with Gasteiger partial charge in [0.15, 0.2) is 0 Å². The van der Waals surface area contributed by atoms with E-state index in [-0.39, 0.29) is 30.2 Å². The maximum Gasteiger partial charge on any atom is -1.00 e. The van der Waals surface area contributed by atoms with Gasteiger partial charge >= 0.3 is 271 Å². The van der Waals surface area contributed by atoms with E-state index >= 15 is 0 Å². The molecule has 0 bridgehead atoms. The molecule has 2 atom stereocenters. The molecule has 0 radical (unpaired) electrons. The van der Waals surface area contributed by atoms with Gasteiger partial charge in [-0.05, 0) is 0 Å². The second-order valence-electron chi connectivity index (χ2n) is 13.7. The van der Waals surface area contributed by atoms with Crippen LogP contribution in [0.3, 0.4) is 0 Å². The first kappa shape index (κ1) is 33.7. The molecule has 2 aliphatic rings. The van der Waals surface area contributed by atoms with Crippen molar-refractivity contribution in [3.8, 4) is 22.3 Å². The molecular formula is C42H40Cl2Zr. The van der Waals surface area contributed by atoms with Crippen LogP contribution in [0, 0.1) is 5.92 Å². The van der Waals surface area contributed by atoms with Gasteiger partial charge in [-0.3, -0.25) is 0 Å². The van der Waals surface area contributed by atoms with Crippen LogP contribution in [0.4, 0.5) is 0 Å². The SMILES string of the molecule is CC1=Cc2c(-c3cccc4ccccc34)cccc2[CH]1[Zr+2][CH]1C(C(C)C)=Cc2c(-c3ccc(C(C)(C)C)cc3)cccc21.[Cl-].[Cl-]. The van der Waals surface area contributed by atoms with Crippen LogP contribution in [0.25, 0.3) is 45.2 Å². The Morgan fingerprint density at radius 2 is 1.18 bits per heavy atom. The van der Waals surface area contributed by atoms with Gasteiger partial charge in [-0.2, -0.15) is 0 Å². The van der Waals surface area contributed by atoms with Gasteiger partial charge in [-0.15, -0.1) is 0 Å². The summed E-state index contributed by atoms with van der Waals surface area (Å²) in [5.41, 5.74) is 16.2. The second kappa shape index (κ2) is 13.2. The molecule has 3 heteroatoms. The Kier molecular flexibility index (Phi) is 9.87. The van der Waals surface area contributed by atoms with Crippen LogP contribution >= 0.6 is 0 Å². The Morgan fingerprint density at radius 3 is 1.87 bits per heavy atom. The maximum absolute atomic E-state index is 2.57. The molecular weight excluding hydrogens is 667 g/mol. The number of hydrogen-bond acceptors (Lipinski definition) is 0. The summed E-state index contributed by atoms with van der Waals surface area (Å²) in [5, 5.41) is 2.65. The zero-order valence-electron chi connectivity index (χ0n) is 27.0. The van der Waals surface area contributed by atoms with Crippen LogP contribution in [0.15, 0.2) is 114 Å². The fourth-order valence-corrected chi connectivity index (χ4v) is 12.4. The first-order valence-corrected chi connectivity index (χ1v) is 18.5. The van der Waals surface area contributed by atoms with Crippen LogP contribution < -0.4 is 24.8 Å². The van der Waals surface area contributed by atoms with Gasteiger partial charge < -0.3 is 24.8 Å². The van der Waals surface area contributed by atoms with Gasteiger partial charge in [0, 0.05) is 0 Å². The van der Waals surface area contributed by atoms with Crippen LogP contribution in [-0.4, -0.2) is 0 Å². The molecule has 0 aliphatic heterocycles. The molecule has 226 valence electrons. The molecule has 0 N–H and O–H groups in total. The molecule has 0 fully saturated rings. The number of allylic oxidation sites excluding steroid dienone is 2. The Hall–Kier alpha value is -2.70. The Morgan fingerprint density at radius 1 is 0.600 bits per heavy atom. The first-order valence-electron chi connectivity index (χ1n) is 15.7. The van der Waals surface area contributed by atoms with Gasteiger partial charge in [0.1, 0.15) is 0 Å².